The van der Waals surface area contributed by atoms with Gasteiger partial charge in [0, 0.05) is 13.2 Å². The third-order valence-electron chi connectivity index (χ3n) is 3.48. The first kappa shape index (κ1) is 12.8. The molecule has 0 amide bonds. The zero-order valence-corrected chi connectivity index (χ0v) is 11.0. The minimum absolute atomic E-state index is 0.720. The minimum Gasteiger partial charge on any atom is -0.385 e. The van der Waals surface area contributed by atoms with E-state index in [1.165, 1.54) is 5.56 Å². The van der Waals surface area contributed by atoms with Crippen molar-refractivity contribution in [3.63, 3.8) is 0 Å². The van der Waals surface area contributed by atoms with Crippen molar-refractivity contribution in [1.82, 2.24) is 9.78 Å². The zero-order valence-electron chi connectivity index (χ0n) is 11.0. The molecule has 0 spiro atoms. The smallest absolute Gasteiger partial charge is 0.0897 e. The molecule has 0 aliphatic carbocycles. The maximum Gasteiger partial charge on any atom is 0.0897 e. The van der Waals surface area contributed by atoms with E-state index in [9.17, 15) is 5.11 Å². The van der Waals surface area contributed by atoms with Gasteiger partial charge >= 0.3 is 0 Å². The molecular weight excluding hydrogens is 224 g/mol. The minimum atomic E-state index is -0.739. The quantitative estimate of drug-likeness (QED) is 0.878. The van der Waals surface area contributed by atoms with Crippen LogP contribution in [0, 0.1) is 0 Å². The van der Waals surface area contributed by atoms with Gasteiger partial charge in [0.05, 0.1) is 11.8 Å². The maximum atomic E-state index is 10.7. The van der Waals surface area contributed by atoms with Crippen LogP contribution in [0.1, 0.15) is 30.9 Å². The summed E-state index contributed by atoms with van der Waals surface area (Å²) in [5, 5.41) is 14.9. The summed E-state index contributed by atoms with van der Waals surface area (Å²) < 4.78 is 1.79. The number of nitrogens with zero attached hydrogens (tertiary/aromatic N) is 2. The number of aromatic nitrogens is 2. The van der Waals surface area contributed by atoms with Gasteiger partial charge in [-0.2, -0.15) is 5.10 Å². The van der Waals surface area contributed by atoms with Crippen LogP contribution in [0.3, 0.4) is 0 Å². The summed E-state index contributed by atoms with van der Waals surface area (Å²) in [4.78, 5) is 0. The van der Waals surface area contributed by atoms with Crippen molar-refractivity contribution in [2.75, 3.05) is 0 Å². The summed E-state index contributed by atoms with van der Waals surface area (Å²) in [7, 11) is 1.91. The molecule has 1 heterocycles. The molecule has 0 radical (unpaired) electrons. The van der Waals surface area contributed by atoms with Crippen LogP contribution in [0.25, 0.3) is 0 Å². The summed E-state index contributed by atoms with van der Waals surface area (Å²) in [6, 6.07) is 9.90. The lowest BCUT2D eigenvalue weighted by molar-refractivity contribution is 0.0236. The predicted molar refractivity (Wildman–Crippen MR) is 72.2 cm³/mol. The highest BCUT2D eigenvalue weighted by Gasteiger charge is 2.26. The van der Waals surface area contributed by atoms with Gasteiger partial charge in [0.15, 0.2) is 0 Å². The SMILES string of the molecule is CCC(O)(CCc1cnn(C)c1)c1ccccc1. The fourth-order valence-corrected chi connectivity index (χ4v) is 2.23. The first-order chi connectivity index (χ1) is 8.64. The summed E-state index contributed by atoms with van der Waals surface area (Å²) >= 11 is 0. The lowest BCUT2D eigenvalue weighted by Crippen LogP contribution is -2.25. The Morgan fingerprint density at radius 1 is 1.28 bits per heavy atom. The molecule has 0 fully saturated rings. The topological polar surface area (TPSA) is 38.1 Å². The molecule has 1 unspecified atom stereocenters. The van der Waals surface area contributed by atoms with Crippen LogP contribution in [0.5, 0.6) is 0 Å². The molecule has 96 valence electrons. The molecule has 2 aromatic rings. The van der Waals surface area contributed by atoms with Gasteiger partial charge in [-0.3, -0.25) is 4.68 Å². The molecule has 1 aromatic carbocycles. The molecule has 0 saturated carbocycles. The van der Waals surface area contributed by atoms with Crippen molar-refractivity contribution in [3.8, 4) is 0 Å². The van der Waals surface area contributed by atoms with Crippen LogP contribution in [-0.2, 0) is 19.1 Å². The zero-order chi connectivity index (χ0) is 13.0. The Labute approximate surface area is 108 Å². The van der Waals surface area contributed by atoms with Crippen molar-refractivity contribution in [3.05, 3.63) is 53.9 Å². The summed E-state index contributed by atoms with van der Waals surface area (Å²) in [5.41, 5.74) is 1.42. The number of aliphatic hydroxyl groups is 1. The second-order valence-electron chi connectivity index (χ2n) is 4.77. The molecule has 3 heteroatoms. The molecule has 0 aliphatic heterocycles. The van der Waals surface area contributed by atoms with Crippen LogP contribution in [0.15, 0.2) is 42.7 Å². The molecule has 0 saturated heterocycles. The Kier molecular flexibility index (Phi) is 3.82. The molecule has 1 aromatic heterocycles. The molecule has 0 aliphatic rings. The lowest BCUT2D eigenvalue weighted by Gasteiger charge is -2.27. The van der Waals surface area contributed by atoms with Gasteiger partial charge in [-0.1, -0.05) is 37.3 Å². The third-order valence-corrected chi connectivity index (χ3v) is 3.48. The second-order valence-corrected chi connectivity index (χ2v) is 4.77. The molecule has 0 bridgehead atoms. The van der Waals surface area contributed by atoms with E-state index in [1.54, 1.807) is 4.68 Å². The molecular formula is C15H20N2O. The number of rotatable bonds is 5. The van der Waals surface area contributed by atoms with Gasteiger partial charge in [-0.15, -0.1) is 0 Å². The van der Waals surface area contributed by atoms with E-state index in [2.05, 4.69) is 5.10 Å². The van der Waals surface area contributed by atoms with E-state index in [-0.39, 0.29) is 0 Å². The van der Waals surface area contributed by atoms with Gasteiger partial charge in [-0.25, -0.2) is 0 Å². The molecule has 1 N–H and O–H groups in total. The van der Waals surface area contributed by atoms with Crippen LogP contribution < -0.4 is 0 Å². The van der Waals surface area contributed by atoms with Crippen LogP contribution in [0.4, 0.5) is 0 Å². The molecule has 2 rings (SSSR count). The third kappa shape index (κ3) is 2.79. The van der Waals surface area contributed by atoms with Crippen molar-refractivity contribution in [2.24, 2.45) is 7.05 Å². The lowest BCUT2D eigenvalue weighted by atomic mass is 9.86. The maximum absolute atomic E-state index is 10.7. The normalized spacial score (nSPS) is 14.4. The fourth-order valence-electron chi connectivity index (χ4n) is 2.23. The standard InChI is InChI=1S/C15H20N2O/c1-3-15(18,14-7-5-4-6-8-14)10-9-13-11-16-17(2)12-13/h4-8,11-12,18H,3,9-10H2,1-2H3. The van der Waals surface area contributed by atoms with E-state index < -0.39 is 5.60 Å². The summed E-state index contributed by atoms with van der Waals surface area (Å²) in [6.45, 7) is 2.02. The van der Waals surface area contributed by atoms with E-state index >= 15 is 0 Å². The van der Waals surface area contributed by atoms with Crippen molar-refractivity contribution in [1.29, 1.82) is 0 Å². The monoisotopic (exact) mass is 244 g/mol. The van der Waals surface area contributed by atoms with Gasteiger partial charge < -0.3 is 5.11 Å². The molecule has 1 atom stereocenters. The predicted octanol–water partition coefficient (Wildman–Crippen LogP) is 2.65. The van der Waals surface area contributed by atoms with Crippen molar-refractivity contribution in [2.45, 2.75) is 31.8 Å². The number of hydrogen-bond donors (Lipinski definition) is 1. The largest absolute Gasteiger partial charge is 0.385 e. The average Bonchev–Trinajstić information content (AvgIpc) is 2.83. The first-order valence-electron chi connectivity index (χ1n) is 6.39. The van der Waals surface area contributed by atoms with E-state index in [4.69, 9.17) is 0 Å². The Morgan fingerprint density at radius 3 is 2.56 bits per heavy atom. The summed E-state index contributed by atoms with van der Waals surface area (Å²) in [6.07, 6.45) is 6.14. The fraction of sp³-hybridized carbons (Fsp3) is 0.400. The Morgan fingerprint density at radius 2 is 2.00 bits per heavy atom. The molecule has 3 nitrogen and oxygen atoms in total. The van der Waals surface area contributed by atoms with Gasteiger partial charge in [0.1, 0.15) is 0 Å². The Balaban J connectivity index is 2.09. The van der Waals surface area contributed by atoms with E-state index in [0.717, 1.165) is 24.8 Å². The number of aryl methyl sites for hydroxylation is 2. The van der Waals surface area contributed by atoms with Crippen molar-refractivity contribution >= 4 is 0 Å². The van der Waals surface area contributed by atoms with Crippen LogP contribution >= 0.6 is 0 Å². The van der Waals surface area contributed by atoms with Gasteiger partial charge in [0.25, 0.3) is 0 Å². The highest BCUT2D eigenvalue weighted by atomic mass is 16.3. The highest BCUT2D eigenvalue weighted by molar-refractivity contribution is 5.22. The van der Waals surface area contributed by atoms with Gasteiger partial charge in [-0.05, 0) is 30.4 Å². The summed E-state index contributed by atoms with van der Waals surface area (Å²) in [5.74, 6) is 0. The second kappa shape index (κ2) is 5.36. The van der Waals surface area contributed by atoms with E-state index in [1.807, 2.05) is 56.7 Å². The molecule has 18 heavy (non-hydrogen) atoms. The van der Waals surface area contributed by atoms with Gasteiger partial charge in [0.2, 0.25) is 0 Å². The first-order valence-corrected chi connectivity index (χ1v) is 6.39. The Bertz CT molecular complexity index is 492. The number of benzene rings is 1. The van der Waals surface area contributed by atoms with E-state index in [0.29, 0.717) is 0 Å². The Hall–Kier alpha value is -1.61. The van der Waals surface area contributed by atoms with Crippen LogP contribution in [-0.4, -0.2) is 14.9 Å². The highest BCUT2D eigenvalue weighted by Crippen LogP contribution is 2.29. The number of hydrogen-bond acceptors (Lipinski definition) is 2. The average molecular weight is 244 g/mol. The van der Waals surface area contributed by atoms with Crippen molar-refractivity contribution < 1.29 is 5.11 Å². The van der Waals surface area contributed by atoms with Crippen LogP contribution in [0.2, 0.25) is 0 Å².